The van der Waals surface area contributed by atoms with Gasteiger partial charge in [-0.25, -0.2) is 0 Å². The van der Waals surface area contributed by atoms with E-state index in [9.17, 15) is 44.1 Å². The van der Waals surface area contributed by atoms with Crippen molar-refractivity contribution in [2.24, 2.45) is 11.7 Å². The molecule has 3 fully saturated rings. The van der Waals surface area contributed by atoms with Crippen molar-refractivity contribution in [3.8, 4) is 11.5 Å². The van der Waals surface area contributed by atoms with Gasteiger partial charge in [-0.05, 0) is 121 Å². The van der Waals surface area contributed by atoms with E-state index in [0.717, 1.165) is 16.7 Å². The number of amides is 15. The Morgan fingerprint density at radius 1 is 0.469 bits per heavy atom. The molecule has 0 radical (unpaired) electrons. The summed E-state index contributed by atoms with van der Waals surface area (Å²) in [4.78, 5) is 234. The summed E-state index contributed by atoms with van der Waals surface area (Å²) in [7, 11) is 4.17. The van der Waals surface area contributed by atoms with Crippen molar-refractivity contribution < 1.29 is 87.2 Å². The number of phenolic OH excluding ortho intramolecular Hbond substituents is 2. The predicted molar refractivity (Wildman–Crippen MR) is 487 cm³/mol. The van der Waals surface area contributed by atoms with Gasteiger partial charge in [-0.2, -0.15) is 0 Å². The number of phenols is 2. The quantitative estimate of drug-likeness (QED) is 0.0492. The summed E-state index contributed by atoms with van der Waals surface area (Å²) in [6.45, 7) is 5.09. The predicted octanol–water partition coefficient (Wildman–Crippen LogP) is 2.66. The van der Waals surface area contributed by atoms with Crippen LogP contribution < -0.4 is 53.6 Å². The van der Waals surface area contributed by atoms with Gasteiger partial charge in [0.05, 0.1) is 18.9 Å². The van der Waals surface area contributed by atoms with Crippen LogP contribution in [0.1, 0.15) is 119 Å². The number of aromatic amines is 1. The van der Waals surface area contributed by atoms with Crippen molar-refractivity contribution in [3.05, 3.63) is 203 Å². The third-order valence-electron chi connectivity index (χ3n) is 23.7. The summed E-state index contributed by atoms with van der Waals surface area (Å²) in [5.41, 5.74) is 9.37. The molecule has 130 heavy (non-hydrogen) atoms. The summed E-state index contributed by atoms with van der Waals surface area (Å²) >= 11 is 0.852. The normalized spacial score (nSPS) is 23.9. The van der Waals surface area contributed by atoms with Crippen molar-refractivity contribution in [2.45, 2.75) is 203 Å². The van der Waals surface area contributed by atoms with Crippen LogP contribution in [0, 0.1) is 5.92 Å². The van der Waals surface area contributed by atoms with Gasteiger partial charge < -0.3 is 98.4 Å². The number of fused-ring (bicyclic) bond motifs is 3. The van der Waals surface area contributed by atoms with Crippen molar-refractivity contribution >= 4 is 111 Å². The fraction of sp³-hybridized carbons (Fsp3) is 0.442. The maximum Gasteiger partial charge on any atom is 0.246 e. The number of likely N-dealkylation sites (N-methyl/N-ethyl adjacent to an activating group) is 3. The minimum atomic E-state index is -1.72. The summed E-state index contributed by atoms with van der Waals surface area (Å²) in [6, 6.07) is 26.1. The Bertz CT molecular complexity index is 5110. The molecular weight excluding hydrogens is 1690 g/mol. The molecule has 13 atom stereocenters. The van der Waals surface area contributed by atoms with E-state index in [1.54, 1.807) is 141 Å². The largest absolute Gasteiger partial charge is 0.508 e. The van der Waals surface area contributed by atoms with Gasteiger partial charge >= 0.3 is 0 Å². The van der Waals surface area contributed by atoms with Crippen LogP contribution in [-0.4, -0.2) is 271 Å². The first-order valence-electron chi connectivity index (χ1n) is 44.1. The highest BCUT2D eigenvalue weighted by atomic mass is 32.2. The minimum absolute atomic E-state index is 0.0326. The molecule has 0 aliphatic carbocycles. The standard InChI is InChI=1S/C95H120N16O18S/c1-8-9-32-78-95(129)111-44-23-34-77(111)89(123)105-74(54-112)87(121)99-58(4)91(125)108(6)79(49-60-26-15-11-16-27-60)90(124)104-73(48-63-37-41-66(114)42-38-63)93(127)110-43-22-21-33-76(110)88(122)103-71(51-64-52-97-68-31-20-19-30-67(64)68)86(120)102-70(46-62-35-39-65(113)40-36-62)85(119)101-69(45-57(2)3)84(118)106-75(83(117)98-53-81(96)115)55-130-56-82(116)100-72(47-59-24-13-10-14-25-59)92(126)109(7)80(94(128)107(78)5)50-61-28-17-12-18-29-61/h10-20,24-31,35-42,52,57-58,69-80,97,112-114H,8-9,21-23,32-34,43-51,53-56H2,1-7H3,(H2,96,115)(H,98,117)(H,99,121)(H,100,116)(H,101,119)(H,102,120)(H,103,122)(H,104,124)(H,105,123)(H,106,118)/t58-,69-,70-,71+,72-,73-,74-,75-,76+,77+,78-,79-,80-/m0/s1. The molecule has 35 heteroatoms. The molecule has 10 rings (SSSR count). The monoisotopic (exact) mass is 1800 g/mol. The molecule has 6 aromatic carbocycles. The smallest absolute Gasteiger partial charge is 0.246 e. The molecule has 0 bridgehead atoms. The van der Waals surface area contributed by atoms with Crippen LogP contribution in [-0.2, 0) is 110 Å². The number of carbonyl (C=O) groups excluding carboxylic acids is 15. The zero-order chi connectivity index (χ0) is 93.8. The topological polar surface area (TPSA) is 483 Å². The van der Waals surface area contributed by atoms with Crippen LogP contribution >= 0.6 is 11.8 Å². The van der Waals surface area contributed by atoms with Crippen LogP contribution in [0.3, 0.4) is 0 Å². The Morgan fingerprint density at radius 3 is 1.51 bits per heavy atom. The second kappa shape index (κ2) is 47.8. The lowest BCUT2D eigenvalue weighted by Gasteiger charge is -2.38. The number of rotatable bonds is 21. The highest BCUT2D eigenvalue weighted by Gasteiger charge is 2.46. The highest BCUT2D eigenvalue weighted by molar-refractivity contribution is 8.00. The molecule has 0 unspecified atom stereocenters. The lowest BCUT2D eigenvalue weighted by Crippen LogP contribution is -2.62. The third-order valence-corrected chi connectivity index (χ3v) is 24.8. The van der Waals surface area contributed by atoms with E-state index in [-0.39, 0.29) is 100 Å². The highest BCUT2D eigenvalue weighted by Crippen LogP contribution is 2.28. The Balaban J connectivity index is 1.03. The summed E-state index contributed by atoms with van der Waals surface area (Å²) < 4.78 is 0. The average Bonchev–Trinajstić information content (AvgIpc) is 1.84. The summed E-state index contributed by atoms with van der Waals surface area (Å²) in [5.74, 6) is -13.9. The molecule has 34 nitrogen and oxygen atoms in total. The number of primary amides is 1. The van der Waals surface area contributed by atoms with Crippen LogP contribution in [0.25, 0.3) is 10.9 Å². The Hall–Kier alpha value is -13.2. The van der Waals surface area contributed by atoms with E-state index in [1.165, 1.54) is 84.1 Å². The molecule has 15 N–H and O–H groups in total. The average molecular weight is 1810 g/mol. The number of unbranched alkanes of at least 4 members (excludes halogenated alkanes) is 1. The van der Waals surface area contributed by atoms with Gasteiger partial charge in [-0.15, -0.1) is 11.8 Å². The van der Waals surface area contributed by atoms with Gasteiger partial charge in [0.1, 0.15) is 90.0 Å². The molecule has 1 aromatic heterocycles. The SMILES string of the molecule is CCCC[C@H]1C(=O)N2CCC[C@@H]2C(=O)N[C@@H](CO)C(=O)N[C@@H](C)C(=O)N(C)[C@@H](Cc2ccccc2)C(=O)N[C@@H](Cc2ccc(O)cc2)C(=O)N2CCCC[C@@H]2C(=O)N[C@H](Cc2c[nH]c3ccccc23)C(=O)N[C@@H](Cc2ccc(O)cc2)C(=O)N[C@@H](CC(C)C)C(=O)N[C@H](C(=O)NCC(N)=O)CSCC(=O)N[C@@H](Cc2ccccc2)C(=O)N(C)[C@@H](Cc2ccccc2)C(=O)N1C. The van der Waals surface area contributed by atoms with Gasteiger partial charge in [0.25, 0.3) is 0 Å². The molecule has 7 aromatic rings. The number of benzene rings is 6. The number of aliphatic hydroxyl groups is 1. The van der Waals surface area contributed by atoms with E-state index >= 15 is 43.2 Å². The summed E-state index contributed by atoms with van der Waals surface area (Å²) in [6.07, 6.45) is 2.82. The maximum atomic E-state index is 15.8. The van der Waals surface area contributed by atoms with Crippen LogP contribution in [0.5, 0.6) is 11.5 Å². The molecule has 4 heterocycles. The number of para-hydroxylation sites is 1. The second-order valence-electron chi connectivity index (χ2n) is 33.9. The van der Waals surface area contributed by atoms with Gasteiger partial charge in [0.2, 0.25) is 88.6 Å². The molecule has 3 aliphatic rings. The van der Waals surface area contributed by atoms with Gasteiger partial charge in [0.15, 0.2) is 0 Å². The van der Waals surface area contributed by atoms with E-state index in [1.807, 2.05) is 13.0 Å². The first-order chi connectivity index (χ1) is 62.3. The molecule has 0 spiro atoms. The number of aliphatic hydroxyl groups excluding tert-OH is 1. The van der Waals surface area contributed by atoms with Crippen molar-refractivity contribution in [1.82, 2.24) is 77.3 Å². The molecular formula is C95H120N16O18S. The molecule has 694 valence electrons. The Morgan fingerprint density at radius 2 is 0.931 bits per heavy atom. The van der Waals surface area contributed by atoms with Crippen LogP contribution in [0.15, 0.2) is 170 Å². The zero-order valence-corrected chi connectivity index (χ0v) is 75.1. The van der Waals surface area contributed by atoms with Crippen molar-refractivity contribution in [1.29, 1.82) is 0 Å². The molecule has 15 amide bonds. The van der Waals surface area contributed by atoms with E-state index in [0.29, 0.717) is 76.4 Å². The van der Waals surface area contributed by atoms with E-state index in [2.05, 4.69) is 52.8 Å². The third kappa shape index (κ3) is 27.4. The summed E-state index contributed by atoms with van der Waals surface area (Å²) in [5, 5.41) is 57.0. The lowest BCUT2D eigenvalue weighted by molar-refractivity contribution is -0.152. The Labute approximate surface area is 759 Å². The van der Waals surface area contributed by atoms with E-state index < -0.39 is 186 Å². The molecule has 3 saturated heterocycles. The number of nitrogens with two attached hydrogens (primary N) is 1. The van der Waals surface area contributed by atoms with Crippen LogP contribution in [0.2, 0.25) is 0 Å². The number of thioether (sulfide) groups is 1. The minimum Gasteiger partial charge on any atom is -0.508 e. The number of nitrogens with one attached hydrogen (secondary N) is 10. The number of carbonyl (C=O) groups is 15. The molecule has 3 aliphatic heterocycles. The number of hydrogen-bond donors (Lipinski definition) is 14. The number of H-pyrrole nitrogens is 1. The number of aromatic nitrogens is 1. The number of aromatic hydroxyl groups is 2. The van der Waals surface area contributed by atoms with Gasteiger partial charge in [-0.3, -0.25) is 71.9 Å². The van der Waals surface area contributed by atoms with Crippen molar-refractivity contribution in [2.75, 3.05) is 58.9 Å². The molecule has 0 saturated carbocycles. The lowest BCUT2D eigenvalue weighted by atomic mass is 9.96. The fourth-order valence-electron chi connectivity index (χ4n) is 16.6. The van der Waals surface area contributed by atoms with E-state index in [4.69, 9.17) is 5.73 Å². The fourth-order valence-corrected chi connectivity index (χ4v) is 17.4. The van der Waals surface area contributed by atoms with Crippen molar-refractivity contribution in [3.63, 3.8) is 0 Å². The first-order valence-corrected chi connectivity index (χ1v) is 45.2. The maximum absolute atomic E-state index is 15.8. The van der Waals surface area contributed by atoms with Gasteiger partial charge in [-0.1, -0.05) is 167 Å². The number of hydrogen-bond acceptors (Lipinski definition) is 19. The second-order valence-corrected chi connectivity index (χ2v) is 34.9. The van der Waals surface area contributed by atoms with Crippen LogP contribution in [0.4, 0.5) is 0 Å². The Kier molecular flexibility index (Phi) is 36.4. The zero-order valence-electron chi connectivity index (χ0n) is 74.3. The number of nitrogens with zero attached hydrogens (tertiary/aromatic N) is 5. The van der Waals surface area contributed by atoms with Gasteiger partial charge in [0, 0.05) is 95.6 Å². The number of piperidine rings is 1. The first kappa shape index (κ1) is 99.0.